The number of benzene rings is 1. The second-order valence-electron chi connectivity index (χ2n) is 3.65. The third-order valence-corrected chi connectivity index (χ3v) is 3.43. The Hall–Kier alpha value is -1.63. The van der Waals surface area contributed by atoms with Crippen LogP contribution in [-0.4, -0.2) is 30.2 Å². The highest BCUT2D eigenvalue weighted by molar-refractivity contribution is 7.14. The molecule has 1 heterocycles. The maximum Gasteiger partial charge on any atom is 0.347 e. The summed E-state index contributed by atoms with van der Waals surface area (Å²) < 4.78 is 0. The predicted octanol–water partition coefficient (Wildman–Crippen LogP) is 3.49. The third-order valence-electron chi connectivity index (χ3n) is 2.42. The summed E-state index contributed by atoms with van der Waals surface area (Å²) in [5.74, 6) is 0. The van der Waals surface area contributed by atoms with Gasteiger partial charge in [0, 0.05) is 23.0 Å². The van der Waals surface area contributed by atoms with E-state index in [1.54, 1.807) is 12.1 Å². The summed E-state index contributed by atoms with van der Waals surface area (Å²) in [4.78, 5) is 20.7. The van der Waals surface area contributed by atoms with Crippen LogP contribution in [0.4, 0.5) is 9.93 Å². The van der Waals surface area contributed by atoms with Gasteiger partial charge in [-0.25, -0.2) is 14.8 Å². The molecule has 0 unspecified atom stereocenters. The first kappa shape index (κ1) is 13.8. The number of amides is 2. The normalized spacial score (nSPS) is 10.3. The number of carbonyl (C=O) groups excluding carboxylic acids is 1. The second-order valence-corrected chi connectivity index (χ2v) is 4.95. The largest absolute Gasteiger partial charge is 0.347 e. The van der Waals surface area contributed by atoms with Gasteiger partial charge in [-0.15, -0.1) is 11.3 Å². The molecule has 0 bridgehead atoms. The Labute approximate surface area is 119 Å². The predicted molar refractivity (Wildman–Crippen MR) is 76.4 cm³/mol. The zero-order valence-electron chi connectivity index (χ0n) is 10.4. The molecule has 2 aromatic rings. The van der Waals surface area contributed by atoms with Gasteiger partial charge in [0.25, 0.3) is 0 Å². The van der Waals surface area contributed by atoms with E-state index in [4.69, 9.17) is 16.4 Å². The Morgan fingerprint density at radius 3 is 2.74 bits per heavy atom. The Morgan fingerprint density at radius 1 is 1.42 bits per heavy atom. The van der Waals surface area contributed by atoms with Crippen molar-refractivity contribution in [2.45, 2.75) is 0 Å². The number of urea groups is 1. The van der Waals surface area contributed by atoms with Crippen LogP contribution in [0.1, 0.15) is 0 Å². The Morgan fingerprint density at radius 2 is 2.11 bits per heavy atom. The molecule has 0 fully saturated rings. The van der Waals surface area contributed by atoms with Gasteiger partial charge in [0.05, 0.1) is 12.8 Å². The highest BCUT2D eigenvalue weighted by atomic mass is 35.5. The Bertz CT molecular complexity index is 571. The van der Waals surface area contributed by atoms with Crippen LogP contribution in [0.5, 0.6) is 0 Å². The summed E-state index contributed by atoms with van der Waals surface area (Å²) in [6, 6.07) is 6.98. The molecule has 19 heavy (non-hydrogen) atoms. The zero-order chi connectivity index (χ0) is 13.8. The van der Waals surface area contributed by atoms with Crippen LogP contribution in [0.2, 0.25) is 5.02 Å². The van der Waals surface area contributed by atoms with Gasteiger partial charge in [0.15, 0.2) is 5.13 Å². The van der Waals surface area contributed by atoms with Crippen molar-refractivity contribution in [3.05, 3.63) is 34.7 Å². The van der Waals surface area contributed by atoms with E-state index < -0.39 is 0 Å². The molecule has 7 heteroatoms. The van der Waals surface area contributed by atoms with Crippen LogP contribution < -0.4 is 5.32 Å². The molecule has 1 N–H and O–H groups in total. The fourth-order valence-electron chi connectivity index (χ4n) is 1.34. The minimum absolute atomic E-state index is 0.375. The summed E-state index contributed by atoms with van der Waals surface area (Å²) >= 11 is 7.18. The maximum absolute atomic E-state index is 11.6. The van der Waals surface area contributed by atoms with Gasteiger partial charge in [0.1, 0.15) is 0 Å². The molecule has 0 aliphatic rings. The zero-order valence-corrected chi connectivity index (χ0v) is 12.0. The minimum atomic E-state index is -0.375. The van der Waals surface area contributed by atoms with Crippen molar-refractivity contribution < 1.29 is 9.63 Å². The Kier molecular flexibility index (Phi) is 4.36. The lowest BCUT2D eigenvalue weighted by molar-refractivity contribution is -0.0598. The first-order valence-corrected chi connectivity index (χ1v) is 6.66. The molecule has 2 amide bonds. The molecule has 2 rings (SSSR count). The number of rotatable bonds is 3. The van der Waals surface area contributed by atoms with Gasteiger partial charge in [-0.2, -0.15) is 0 Å². The topological polar surface area (TPSA) is 54.5 Å². The van der Waals surface area contributed by atoms with E-state index >= 15 is 0 Å². The number of aromatic nitrogens is 1. The minimum Gasteiger partial charge on any atom is -0.282 e. The van der Waals surface area contributed by atoms with E-state index in [0.29, 0.717) is 10.2 Å². The van der Waals surface area contributed by atoms with Crippen LogP contribution >= 0.6 is 22.9 Å². The number of hydroxylamine groups is 2. The molecule has 100 valence electrons. The van der Waals surface area contributed by atoms with Crippen LogP contribution in [0.3, 0.4) is 0 Å². The van der Waals surface area contributed by atoms with Gasteiger partial charge in [-0.3, -0.25) is 10.2 Å². The fraction of sp³-hybridized carbons (Fsp3) is 0.167. The van der Waals surface area contributed by atoms with Crippen LogP contribution in [-0.2, 0) is 4.84 Å². The van der Waals surface area contributed by atoms with Crippen molar-refractivity contribution in [3.63, 3.8) is 0 Å². The summed E-state index contributed by atoms with van der Waals surface area (Å²) in [6.07, 6.45) is 0. The van der Waals surface area contributed by atoms with E-state index in [1.807, 2.05) is 17.5 Å². The van der Waals surface area contributed by atoms with E-state index in [9.17, 15) is 4.79 Å². The lowest BCUT2D eigenvalue weighted by atomic mass is 10.2. The number of thiazole rings is 1. The molecule has 0 aliphatic heterocycles. The monoisotopic (exact) mass is 297 g/mol. The lowest BCUT2D eigenvalue weighted by Gasteiger charge is -2.12. The van der Waals surface area contributed by atoms with Crippen LogP contribution in [0.25, 0.3) is 11.3 Å². The van der Waals surface area contributed by atoms with E-state index in [0.717, 1.165) is 16.3 Å². The molecule has 0 spiro atoms. The molecule has 1 aromatic carbocycles. The van der Waals surface area contributed by atoms with E-state index in [1.165, 1.54) is 25.5 Å². The first-order chi connectivity index (χ1) is 9.10. The summed E-state index contributed by atoms with van der Waals surface area (Å²) in [7, 11) is 2.93. The number of carbonyl (C=O) groups is 1. The standard InChI is InChI=1S/C12H12ClN3O2S/c1-16(18-2)12(17)15-11-14-10(7-19-11)8-3-5-9(13)6-4-8/h3-7H,1-2H3,(H,14,15,17). The quantitative estimate of drug-likeness (QED) is 0.882. The highest BCUT2D eigenvalue weighted by Crippen LogP contribution is 2.26. The van der Waals surface area contributed by atoms with Crippen LogP contribution in [0, 0.1) is 0 Å². The van der Waals surface area contributed by atoms with Gasteiger partial charge in [-0.1, -0.05) is 23.7 Å². The molecule has 0 radical (unpaired) electrons. The van der Waals surface area contributed by atoms with Gasteiger partial charge < -0.3 is 0 Å². The van der Waals surface area contributed by atoms with Crippen molar-refractivity contribution >= 4 is 34.1 Å². The lowest BCUT2D eigenvalue weighted by Crippen LogP contribution is -2.30. The molecule has 0 atom stereocenters. The SMILES string of the molecule is CON(C)C(=O)Nc1nc(-c2ccc(Cl)cc2)cs1. The van der Waals surface area contributed by atoms with Crippen molar-refractivity contribution in [1.82, 2.24) is 10.0 Å². The van der Waals surface area contributed by atoms with Gasteiger partial charge >= 0.3 is 6.03 Å². The second kappa shape index (κ2) is 6.01. The van der Waals surface area contributed by atoms with Crippen molar-refractivity contribution in [3.8, 4) is 11.3 Å². The number of halogens is 1. The number of hydrogen-bond acceptors (Lipinski definition) is 4. The molecular formula is C12H12ClN3O2S. The number of nitrogens with one attached hydrogen (secondary N) is 1. The maximum atomic E-state index is 11.6. The van der Waals surface area contributed by atoms with E-state index in [2.05, 4.69) is 10.3 Å². The third kappa shape index (κ3) is 3.44. The van der Waals surface area contributed by atoms with Crippen molar-refractivity contribution in [1.29, 1.82) is 0 Å². The number of anilines is 1. The van der Waals surface area contributed by atoms with Gasteiger partial charge in [-0.05, 0) is 12.1 Å². The molecule has 0 saturated carbocycles. The smallest absolute Gasteiger partial charge is 0.282 e. The summed E-state index contributed by atoms with van der Waals surface area (Å²) in [5.41, 5.74) is 1.73. The first-order valence-electron chi connectivity index (χ1n) is 5.40. The molecule has 1 aromatic heterocycles. The Balaban J connectivity index is 2.11. The van der Waals surface area contributed by atoms with Gasteiger partial charge in [0.2, 0.25) is 0 Å². The molecule has 0 aliphatic carbocycles. The van der Waals surface area contributed by atoms with Crippen LogP contribution in [0.15, 0.2) is 29.6 Å². The van der Waals surface area contributed by atoms with Crippen molar-refractivity contribution in [2.75, 3.05) is 19.5 Å². The van der Waals surface area contributed by atoms with Crippen molar-refractivity contribution in [2.24, 2.45) is 0 Å². The summed E-state index contributed by atoms with van der Waals surface area (Å²) in [5, 5.41) is 6.78. The average Bonchev–Trinajstić information content (AvgIpc) is 2.87. The average molecular weight is 298 g/mol. The fourth-order valence-corrected chi connectivity index (χ4v) is 2.17. The molecule has 5 nitrogen and oxygen atoms in total. The summed E-state index contributed by atoms with van der Waals surface area (Å²) in [6.45, 7) is 0. The molecule has 0 saturated heterocycles. The van der Waals surface area contributed by atoms with E-state index in [-0.39, 0.29) is 6.03 Å². The molecular weight excluding hydrogens is 286 g/mol. The number of nitrogens with zero attached hydrogens (tertiary/aromatic N) is 2. The highest BCUT2D eigenvalue weighted by Gasteiger charge is 2.11. The number of hydrogen-bond donors (Lipinski definition) is 1.